The van der Waals surface area contributed by atoms with Gasteiger partial charge in [-0.3, -0.25) is 4.79 Å². The van der Waals surface area contributed by atoms with Crippen molar-refractivity contribution in [2.24, 2.45) is 0 Å². The molecular weight excluding hydrogens is 279 g/mol. The van der Waals surface area contributed by atoms with Gasteiger partial charge in [-0.15, -0.1) is 13.2 Å². The van der Waals surface area contributed by atoms with Crippen molar-refractivity contribution in [3.8, 4) is 5.88 Å². The van der Waals surface area contributed by atoms with Gasteiger partial charge in [-0.1, -0.05) is 15.9 Å². The maximum Gasteiger partial charge on any atom is 0.574 e. The van der Waals surface area contributed by atoms with Crippen LogP contribution in [0.1, 0.15) is 11.1 Å². The number of ether oxygens (including phenoxy) is 1. The first kappa shape index (κ1) is 12.1. The third kappa shape index (κ3) is 2.98. The molecule has 7 heteroatoms. The molecular formula is C8H7BrF3NO2. The highest BCUT2D eigenvalue weighted by Gasteiger charge is 2.32. The van der Waals surface area contributed by atoms with Crippen LogP contribution in [0, 0.1) is 6.92 Å². The molecule has 15 heavy (non-hydrogen) atoms. The standard InChI is InChI=1S/C8H7BrF3NO2/c1-4-6(14)5(2-9)3-13-7(4)15-8(10,11)12/h3H,2H2,1H3,(H,13,14). The quantitative estimate of drug-likeness (QED) is 0.849. The van der Waals surface area contributed by atoms with Crippen molar-refractivity contribution in [3.05, 3.63) is 27.5 Å². The molecule has 0 aromatic carbocycles. The number of hydrogen-bond donors (Lipinski definition) is 1. The normalized spacial score (nSPS) is 11.5. The summed E-state index contributed by atoms with van der Waals surface area (Å²) in [6.07, 6.45) is -3.62. The van der Waals surface area contributed by atoms with Gasteiger partial charge in [0.2, 0.25) is 5.88 Å². The molecule has 0 unspecified atom stereocenters. The number of nitrogens with one attached hydrogen (secondary N) is 1. The van der Waals surface area contributed by atoms with Crippen molar-refractivity contribution in [1.29, 1.82) is 0 Å². The van der Waals surface area contributed by atoms with Crippen molar-refractivity contribution < 1.29 is 17.9 Å². The molecule has 3 nitrogen and oxygen atoms in total. The number of alkyl halides is 4. The molecule has 0 aliphatic rings. The van der Waals surface area contributed by atoms with Crippen LogP contribution in [-0.4, -0.2) is 11.3 Å². The zero-order valence-corrected chi connectivity index (χ0v) is 9.20. The maximum absolute atomic E-state index is 11.9. The molecule has 1 rings (SSSR count). The Bertz CT molecular complexity index is 413. The van der Waals surface area contributed by atoms with E-state index in [0.717, 1.165) is 0 Å². The van der Waals surface area contributed by atoms with Crippen LogP contribution in [0.25, 0.3) is 0 Å². The van der Waals surface area contributed by atoms with E-state index in [0.29, 0.717) is 5.56 Å². The number of aromatic amines is 1. The Labute approximate surface area is 91.4 Å². The lowest BCUT2D eigenvalue weighted by Gasteiger charge is -2.10. The summed E-state index contributed by atoms with van der Waals surface area (Å²) in [6.45, 7) is 1.27. The highest BCUT2D eigenvalue weighted by atomic mass is 79.9. The van der Waals surface area contributed by atoms with E-state index in [9.17, 15) is 18.0 Å². The van der Waals surface area contributed by atoms with Crippen LogP contribution < -0.4 is 10.2 Å². The van der Waals surface area contributed by atoms with Gasteiger partial charge in [0.25, 0.3) is 0 Å². The Morgan fingerprint density at radius 1 is 1.53 bits per heavy atom. The molecule has 0 atom stereocenters. The monoisotopic (exact) mass is 285 g/mol. The molecule has 1 aromatic rings. The maximum atomic E-state index is 11.9. The van der Waals surface area contributed by atoms with E-state index in [1.807, 2.05) is 0 Å². The van der Waals surface area contributed by atoms with Crippen LogP contribution >= 0.6 is 15.9 Å². The summed E-state index contributed by atoms with van der Waals surface area (Å²) in [4.78, 5) is 13.7. The summed E-state index contributed by atoms with van der Waals surface area (Å²) < 4.78 is 39.3. The fourth-order valence-corrected chi connectivity index (χ4v) is 1.41. The third-order valence-corrected chi connectivity index (χ3v) is 2.32. The van der Waals surface area contributed by atoms with Crippen molar-refractivity contribution >= 4 is 15.9 Å². The Morgan fingerprint density at radius 2 is 2.13 bits per heavy atom. The number of hydrogen-bond acceptors (Lipinski definition) is 2. The molecule has 0 spiro atoms. The highest BCUT2D eigenvalue weighted by molar-refractivity contribution is 9.08. The minimum Gasteiger partial charge on any atom is -0.390 e. The van der Waals surface area contributed by atoms with Crippen LogP contribution in [-0.2, 0) is 5.33 Å². The predicted molar refractivity (Wildman–Crippen MR) is 51.1 cm³/mol. The van der Waals surface area contributed by atoms with Crippen molar-refractivity contribution in [3.63, 3.8) is 0 Å². The number of rotatable bonds is 2. The minimum atomic E-state index is -4.80. The number of H-pyrrole nitrogens is 1. The Hall–Kier alpha value is -0.980. The van der Waals surface area contributed by atoms with Crippen LogP contribution in [0.15, 0.2) is 11.0 Å². The third-order valence-electron chi connectivity index (χ3n) is 1.71. The Kier molecular flexibility index (Phi) is 3.43. The molecule has 0 saturated carbocycles. The average molecular weight is 286 g/mol. The molecule has 1 aromatic heterocycles. The molecule has 1 N–H and O–H groups in total. The number of aromatic nitrogens is 1. The van der Waals surface area contributed by atoms with Crippen LogP contribution in [0.2, 0.25) is 0 Å². The fourth-order valence-electron chi connectivity index (χ4n) is 0.991. The van der Waals surface area contributed by atoms with Crippen molar-refractivity contribution in [2.45, 2.75) is 18.6 Å². The largest absolute Gasteiger partial charge is 0.574 e. The van der Waals surface area contributed by atoms with Gasteiger partial charge >= 0.3 is 6.36 Å². The Morgan fingerprint density at radius 3 is 2.60 bits per heavy atom. The molecule has 0 bridgehead atoms. The summed E-state index contributed by atoms with van der Waals surface area (Å²) in [5.41, 5.74) is -0.212. The topological polar surface area (TPSA) is 42.1 Å². The van der Waals surface area contributed by atoms with Gasteiger partial charge < -0.3 is 9.72 Å². The molecule has 1 heterocycles. The van der Waals surface area contributed by atoms with E-state index in [1.54, 1.807) is 0 Å². The van der Waals surface area contributed by atoms with Gasteiger partial charge in [0.15, 0.2) is 5.43 Å². The predicted octanol–water partition coefficient (Wildman–Crippen LogP) is 2.48. The van der Waals surface area contributed by atoms with E-state index < -0.39 is 17.7 Å². The average Bonchev–Trinajstić information content (AvgIpc) is 2.11. The summed E-state index contributed by atoms with van der Waals surface area (Å²) in [5, 5.41) is 0.273. The zero-order chi connectivity index (χ0) is 11.6. The van der Waals surface area contributed by atoms with E-state index >= 15 is 0 Å². The first-order valence-corrected chi connectivity index (χ1v) is 5.00. The van der Waals surface area contributed by atoms with Crippen LogP contribution in [0.5, 0.6) is 5.88 Å². The molecule has 0 radical (unpaired) electrons. The summed E-state index contributed by atoms with van der Waals surface area (Å²) in [5.74, 6) is -0.572. The lowest BCUT2D eigenvalue weighted by Crippen LogP contribution is -2.22. The van der Waals surface area contributed by atoms with Gasteiger partial charge in [-0.2, -0.15) is 0 Å². The van der Waals surface area contributed by atoms with Gasteiger partial charge in [-0.25, -0.2) is 0 Å². The molecule has 0 amide bonds. The zero-order valence-electron chi connectivity index (χ0n) is 7.61. The van der Waals surface area contributed by atoms with Gasteiger partial charge in [0.05, 0.1) is 5.56 Å². The number of halogens is 4. The second-order valence-corrected chi connectivity index (χ2v) is 3.34. The van der Waals surface area contributed by atoms with E-state index in [1.165, 1.54) is 13.1 Å². The summed E-state index contributed by atoms with van der Waals surface area (Å²) >= 11 is 3.05. The molecule has 0 fully saturated rings. The molecule has 0 aliphatic carbocycles. The first-order chi connectivity index (χ1) is 6.85. The number of pyridine rings is 1. The van der Waals surface area contributed by atoms with Crippen molar-refractivity contribution in [2.75, 3.05) is 0 Å². The van der Waals surface area contributed by atoms with Crippen molar-refractivity contribution in [1.82, 2.24) is 4.98 Å². The lowest BCUT2D eigenvalue weighted by molar-refractivity contribution is -0.276. The van der Waals surface area contributed by atoms with Gasteiger partial charge in [-0.05, 0) is 6.92 Å². The van der Waals surface area contributed by atoms with E-state index in [-0.39, 0.29) is 10.9 Å². The van der Waals surface area contributed by atoms with Gasteiger partial charge in [0, 0.05) is 17.1 Å². The lowest BCUT2D eigenvalue weighted by atomic mass is 10.2. The van der Waals surface area contributed by atoms with Crippen LogP contribution in [0.3, 0.4) is 0 Å². The van der Waals surface area contributed by atoms with E-state index in [2.05, 4.69) is 25.7 Å². The molecule has 0 saturated heterocycles. The SMILES string of the molecule is Cc1c(OC(F)(F)F)[nH]cc(CBr)c1=O. The summed E-state index contributed by atoms with van der Waals surface area (Å²) in [7, 11) is 0. The first-order valence-electron chi connectivity index (χ1n) is 3.88. The van der Waals surface area contributed by atoms with Crippen LogP contribution in [0.4, 0.5) is 13.2 Å². The molecule has 84 valence electrons. The smallest absolute Gasteiger partial charge is 0.390 e. The van der Waals surface area contributed by atoms with Gasteiger partial charge in [0.1, 0.15) is 0 Å². The fraction of sp³-hybridized carbons (Fsp3) is 0.375. The second-order valence-electron chi connectivity index (χ2n) is 2.78. The second kappa shape index (κ2) is 4.26. The Balaban J connectivity index is 3.13. The van der Waals surface area contributed by atoms with E-state index in [4.69, 9.17) is 0 Å². The highest BCUT2D eigenvalue weighted by Crippen LogP contribution is 2.22. The minimum absolute atomic E-state index is 0.0933. The summed E-state index contributed by atoms with van der Waals surface area (Å²) in [6, 6.07) is 0. The molecule has 0 aliphatic heterocycles.